The van der Waals surface area contributed by atoms with Crippen LogP contribution in [-0.2, 0) is 6.54 Å². The number of carbonyl (C=O) groups excluding carboxylic acids is 1. The van der Waals surface area contributed by atoms with Gasteiger partial charge in [0.25, 0.3) is 5.91 Å². The van der Waals surface area contributed by atoms with Crippen LogP contribution in [0.25, 0.3) is 0 Å². The van der Waals surface area contributed by atoms with E-state index in [4.69, 9.17) is 0 Å². The van der Waals surface area contributed by atoms with Gasteiger partial charge in [-0.3, -0.25) is 9.48 Å². The maximum Gasteiger partial charge on any atom is 0.410 e. The topological polar surface area (TPSA) is 76.8 Å². The summed E-state index contributed by atoms with van der Waals surface area (Å²) in [5.74, 6) is -0.464. The van der Waals surface area contributed by atoms with Gasteiger partial charge in [-0.2, -0.15) is 23.4 Å². The van der Waals surface area contributed by atoms with E-state index in [2.05, 4.69) is 20.8 Å². The number of amides is 1. The number of halogens is 3. The van der Waals surface area contributed by atoms with Crippen molar-refractivity contribution in [3.8, 4) is 0 Å². The molecule has 0 saturated carbocycles. The molecule has 2 aromatic heterocycles. The van der Waals surface area contributed by atoms with Crippen LogP contribution < -0.4 is 10.6 Å². The van der Waals surface area contributed by atoms with Crippen molar-refractivity contribution in [2.24, 2.45) is 0 Å². The number of nitrogens with one attached hydrogen (secondary N) is 2. The predicted octanol–water partition coefficient (Wildman–Crippen LogP) is 5.35. The first kappa shape index (κ1) is 22.7. The smallest absolute Gasteiger partial charge is 0.363 e. The second kappa shape index (κ2) is 8.94. The third-order valence-electron chi connectivity index (χ3n) is 6.11. The van der Waals surface area contributed by atoms with E-state index in [-0.39, 0.29) is 17.9 Å². The van der Waals surface area contributed by atoms with E-state index in [1.165, 1.54) is 12.3 Å². The van der Waals surface area contributed by atoms with Gasteiger partial charge < -0.3 is 10.6 Å². The fraction of sp³-hybridized carbons (Fsp3) is 0.240. The molecule has 0 unspecified atom stereocenters. The summed E-state index contributed by atoms with van der Waals surface area (Å²) in [7, 11) is 0. The van der Waals surface area contributed by atoms with Crippen molar-refractivity contribution < 1.29 is 18.0 Å². The van der Waals surface area contributed by atoms with E-state index >= 15 is 0 Å². The van der Waals surface area contributed by atoms with Gasteiger partial charge in [0.2, 0.25) is 0 Å². The molecule has 0 radical (unpaired) electrons. The van der Waals surface area contributed by atoms with Gasteiger partial charge in [0.15, 0.2) is 11.7 Å². The molecule has 35 heavy (non-hydrogen) atoms. The number of aryl methyl sites for hydroxylation is 1. The molecule has 1 amide bonds. The maximum atomic E-state index is 13.9. The number of fused-ring (bicyclic) bond motifs is 1. The lowest BCUT2D eigenvalue weighted by atomic mass is 9.97. The number of rotatable bonds is 5. The Morgan fingerprint density at radius 3 is 2.63 bits per heavy atom. The molecular weight excluding hydrogens is 457 g/mol. The van der Waals surface area contributed by atoms with Crippen molar-refractivity contribution in [3.05, 3.63) is 95.4 Å². The number of hydrogen-bond acceptors (Lipinski definition) is 4. The molecule has 0 bridgehead atoms. The first-order chi connectivity index (χ1) is 16.8. The number of anilines is 2. The zero-order valence-electron chi connectivity index (χ0n) is 18.8. The Morgan fingerprint density at radius 2 is 1.89 bits per heavy atom. The van der Waals surface area contributed by atoms with Crippen molar-refractivity contribution in [2.75, 3.05) is 10.6 Å². The summed E-state index contributed by atoms with van der Waals surface area (Å²) in [4.78, 5) is 12.8. The van der Waals surface area contributed by atoms with Crippen LogP contribution in [0.2, 0.25) is 0 Å². The van der Waals surface area contributed by atoms with Crippen molar-refractivity contribution in [1.82, 2.24) is 19.6 Å². The van der Waals surface area contributed by atoms with Crippen LogP contribution in [0.1, 0.15) is 45.7 Å². The fourth-order valence-corrected chi connectivity index (χ4v) is 4.26. The average molecular weight is 480 g/mol. The molecule has 0 spiro atoms. The molecule has 2 atom stereocenters. The minimum atomic E-state index is -4.51. The summed E-state index contributed by atoms with van der Waals surface area (Å²) in [6.45, 7) is 2.53. The summed E-state index contributed by atoms with van der Waals surface area (Å²) in [6.07, 6.45) is -1.58. The van der Waals surface area contributed by atoms with E-state index in [1.807, 2.05) is 37.3 Å². The molecule has 0 saturated heterocycles. The Balaban J connectivity index is 1.35. The molecule has 3 heterocycles. The van der Waals surface area contributed by atoms with Crippen LogP contribution in [0, 0.1) is 6.92 Å². The predicted molar refractivity (Wildman–Crippen MR) is 125 cm³/mol. The van der Waals surface area contributed by atoms with E-state index in [0.717, 1.165) is 21.4 Å². The fourth-order valence-electron chi connectivity index (χ4n) is 4.26. The average Bonchev–Trinajstić information content (AvgIpc) is 3.46. The summed E-state index contributed by atoms with van der Waals surface area (Å²) in [5.41, 5.74) is 3.27. The maximum absolute atomic E-state index is 13.9. The monoisotopic (exact) mass is 480 g/mol. The van der Waals surface area contributed by atoms with E-state index in [0.29, 0.717) is 12.2 Å². The van der Waals surface area contributed by atoms with Crippen molar-refractivity contribution in [1.29, 1.82) is 0 Å². The van der Waals surface area contributed by atoms with Gasteiger partial charge in [-0.15, -0.1) is 0 Å². The van der Waals surface area contributed by atoms with Crippen LogP contribution in [-0.4, -0.2) is 31.6 Å². The van der Waals surface area contributed by atoms with E-state index in [1.54, 1.807) is 35.1 Å². The Labute approximate surface area is 199 Å². The number of aromatic nitrogens is 4. The SMILES string of the molecule is Cc1ccccc1Cn1cc(NC(=O)c2cc3n(n2)[C@@H](C(F)(F)F)C[C@@H](c2ccccc2)N3)cn1. The summed E-state index contributed by atoms with van der Waals surface area (Å²) in [5, 5.41) is 14.0. The largest absolute Gasteiger partial charge is 0.410 e. The highest BCUT2D eigenvalue weighted by Gasteiger charge is 2.46. The number of hydrogen-bond donors (Lipinski definition) is 2. The van der Waals surface area contributed by atoms with Gasteiger partial charge in [0, 0.05) is 18.7 Å². The minimum Gasteiger partial charge on any atom is -0.363 e. The Morgan fingerprint density at radius 1 is 1.14 bits per heavy atom. The van der Waals surface area contributed by atoms with Crippen LogP contribution >= 0.6 is 0 Å². The van der Waals surface area contributed by atoms with Crippen LogP contribution in [0.3, 0.4) is 0 Å². The lowest BCUT2D eigenvalue weighted by molar-refractivity contribution is -0.173. The lowest BCUT2D eigenvalue weighted by Gasteiger charge is -2.33. The molecular formula is C25H23F3N6O. The molecule has 0 aliphatic carbocycles. The standard InChI is InChI=1S/C25H23F3N6O/c1-16-7-5-6-10-18(16)14-33-15-19(13-29-33)30-24(35)21-12-23-31-20(17-8-3-2-4-9-17)11-22(25(26,27)28)34(23)32-21/h2-10,12-13,15,20,22,31H,11,14H2,1H3,(H,30,35)/t20-,22+/m0/s1. The van der Waals surface area contributed by atoms with Crippen molar-refractivity contribution in [3.63, 3.8) is 0 Å². The Kier molecular flexibility index (Phi) is 5.80. The minimum absolute atomic E-state index is 0.109. The quantitative estimate of drug-likeness (QED) is 0.404. The molecule has 2 N–H and O–H groups in total. The molecule has 1 aliphatic rings. The molecule has 7 nitrogen and oxygen atoms in total. The van der Waals surface area contributed by atoms with Crippen LogP contribution in [0.15, 0.2) is 73.1 Å². The molecule has 1 aliphatic heterocycles. The molecule has 180 valence electrons. The second-order valence-corrected chi connectivity index (χ2v) is 8.57. The lowest BCUT2D eigenvalue weighted by Crippen LogP contribution is -2.35. The molecule has 4 aromatic rings. The third kappa shape index (κ3) is 4.77. The van der Waals surface area contributed by atoms with Crippen molar-refractivity contribution >= 4 is 17.4 Å². The second-order valence-electron chi connectivity index (χ2n) is 8.57. The number of nitrogens with zero attached hydrogens (tertiary/aromatic N) is 4. The molecule has 5 rings (SSSR count). The van der Waals surface area contributed by atoms with E-state index in [9.17, 15) is 18.0 Å². The van der Waals surface area contributed by atoms with Gasteiger partial charge in [-0.05, 0) is 23.6 Å². The van der Waals surface area contributed by atoms with Gasteiger partial charge >= 0.3 is 6.18 Å². The first-order valence-corrected chi connectivity index (χ1v) is 11.1. The van der Waals surface area contributed by atoms with Crippen molar-refractivity contribution in [2.45, 2.75) is 38.1 Å². The number of benzene rings is 2. The molecule has 2 aromatic carbocycles. The van der Waals surface area contributed by atoms with Gasteiger partial charge in [0.05, 0.1) is 24.5 Å². The highest BCUT2D eigenvalue weighted by Crippen LogP contribution is 2.43. The first-order valence-electron chi connectivity index (χ1n) is 11.1. The summed E-state index contributed by atoms with van der Waals surface area (Å²) in [6, 6.07) is 15.8. The Hall–Kier alpha value is -4.08. The van der Waals surface area contributed by atoms with E-state index < -0.39 is 24.2 Å². The molecule has 10 heteroatoms. The van der Waals surface area contributed by atoms with Gasteiger partial charge in [-0.25, -0.2) is 4.68 Å². The number of alkyl halides is 3. The number of carbonyl (C=O) groups is 1. The summed E-state index contributed by atoms with van der Waals surface area (Å²) >= 11 is 0. The van der Waals surface area contributed by atoms with Crippen LogP contribution in [0.5, 0.6) is 0 Å². The highest BCUT2D eigenvalue weighted by molar-refractivity contribution is 6.03. The molecule has 0 fully saturated rings. The van der Waals surface area contributed by atoms with Crippen LogP contribution in [0.4, 0.5) is 24.7 Å². The highest BCUT2D eigenvalue weighted by atomic mass is 19.4. The van der Waals surface area contributed by atoms with Gasteiger partial charge in [0.1, 0.15) is 5.82 Å². The zero-order valence-corrected chi connectivity index (χ0v) is 18.8. The van der Waals surface area contributed by atoms with Gasteiger partial charge in [-0.1, -0.05) is 54.6 Å². The summed E-state index contributed by atoms with van der Waals surface area (Å²) < 4.78 is 44.2. The Bertz CT molecular complexity index is 1340. The third-order valence-corrected chi connectivity index (χ3v) is 6.11. The normalized spacial score (nSPS) is 17.5. The zero-order chi connectivity index (χ0) is 24.6.